The molecule has 0 radical (unpaired) electrons. The number of carbonyl (C=O) groups is 1. The zero-order valence-corrected chi connectivity index (χ0v) is 16.5. The zero-order valence-electron chi connectivity index (χ0n) is 16.5. The minimum atomic E-state index is -0.277. The number of aromatic nitrogens is 3. The van der Waals surface area contributed by atoms with Gasteiger partial charge < -0.3 is 10.3 Å². The van der Waals surface area contributed by atoms with Gasteiger partial charge in [0.1, 0.15) is 0 Å². The standard InChI is InChI=1S/C21H26N4O2/c1-6-17(19-13(4)24-25(7-2)14(19)5)22-21(27)16-11-18(26)23-20-12(3)9-8-10-15(16)20/h8-11,17H,6-7H2,1-5H3,(H,22,27)(H,23,26). The van der Waals surface area contributed by atoms with Crippen molar-refractivity contribution in [1.29, 1.82) is 0 Å². The number of pyridine rings is 1. The van der Waals surface area contributed by atoms with Crippen LogP contribution in [0.4, 0.5) is 0 Å². The Morgan fingerprint density at radius 1 is 1.26 bits per heavy atom. The number of para-hydroxylation sites is 1. The molecule has 1 atom stereocenters. The van der Waals surface area contributed by atoms with Crippen LogP contribution < -0.4 is 10.9 Å². The van der Waals surface area contributed by atoms with Crippen molar-refractivity contribution in [3.63, 3.8) is 0 Å². The molecule has 2 N–H and O–H groups in total. The molecule has 0 aliphatic heterocycles. The Morgan fingerprint density at radius 2 is 2.00 bits per heavy atom. The normalized spacial score (nSPS) is 12.3. The van der Waals surface area contributed by atoms with Crippen molar-refractivity contribution in [3.8, 4) is 0 Å². The number of carbonyl (C=O) groups excluding carboxylic acids is 1. The molecule has 0 spiro atoms. The van der Waals surface area contributed by atoms with Crippen molar-refractivity contribution in [2.45, 2.75) is 53.6 Å². The maximum absolute atomic E-state index is 13.1. The quantitative estimate of drug-likeness (QED) is 0.725. The third-order valence-electron chi connectivity index (χ3n) is 5.13. The second kappa shape index (κ2) is 7.39. The van der Waals surface area contributed by atoms with Gasteiger partial charge in [0, 0.05) is 29.3 Å². The van der Waals surface area contributed by atoms with Gasteiger partial charge in [-0.25, -0.2) is 0 Å². The van der Waals surface area contributed by atoms with Crippen LogP contribution in [0.3, 0.4) is 0 Å². The monoisotopic (exact) mass is 366 g/mol. The molecule has 6 nitrogen and oxygen atoms in total. The molecular weight excluding hydrogens is 340 g/mol. The van der Waals surface area contributed by atoms with Crippen molar-refractivity contribution in [3.05, 3.63) is 62.7 Å². The molecule has 0 bridgehead atoms. The Morgan fingerprint density at radius 3 is 2.63 bits per heavy atom. The number of nitrogens with zero attached hydrogens (tertiary/aromatic N) is 2. The Kier molecular flexibility index (Phi) is 5.17. The van der Waals surface area contributed by atoms with Crippen LogP contribution in [0.15, 0.2) is 29.1 Å². The lowest BCUT2D eigenvalue weighted by Crippen LogP contribution is -2.30. The summed E-state index contributed by atoms with van der Waals surface area (Å²) in [7, 11) is 0. The molecule has 2 heterocycles. The third-order valence-corrected chi connectivity index (χ3v) is 5.13. The predicted octanol–water partition coefficient (Wildman–Crippen LogP) is 3.55. The number of benzene rings is 1. The summed E-state index contributed by atoms with van der Waals surface area (Å²) < 4.78 is 1.95. The van der Waals surface area contributed by atoms with Gasteiger partial charge >= 0.3 is 0 Å². The summed E-state index contributed by atoms with van der Waals surface area (Å²) in [4.78, 5) is 28.0. The molecule has 1 amide bonds. The number of fused-ring (bicyclic) bond motifs is 1. The van der Waals surface area contributed by atoms with E-state index in [4.69, 9.17) is 0 Å². The first-order valence-electron chi connectivity index (χ1n) is 9.34. The lowest BCUT2D eigenvalue weighted by Gasteiger charge is -2.19. The number of hydrogen-bond acceptors (Lipinski definition) is 3. The molecule has 2 aromatic heterocycles. The van der Waals surface area contributed by atoms with Crippen LogP contribution in [-0.4, -0.2) is 20.7 Å². The highest BCUT2D eigenvalue weighted by Gasteiger charge is 2.23. The van der Waals surface area contributed by atoms with E-state index in [-0.39, 0.29) is 17.5 Å². The molecular formula is C21H26N4O2. The van der Waals surface area contributed by atoms with E-state index >= 15 is 0 Å². The van der Waals surface area contributed by atoms with Crippen LogP contribution in [0.1, 0.15) is 59.2 Å². The summed E-state index contributed by atoms with van der Waals surface area (Å²) in [5.74, 6) is -0.244. The van der Waals surface area contributed by atoms with Crippen LogP contribution in [0.2, 0.25) is 0 Å². The SMILES string of the molecule is CCC(NC(=O)c1cc(=O)[nH]c2c(C)cccc12)c1c(C)nn(CC)c1C. The second-order valence-corrected chi connectivity index (χ2v) is 6.88. The Labute approximate surface area is 158 Å². The summed E-state index contributed by atoms with van der Waals surface area (Å²) in [6, 6.07) is 6.89. The minimum absolute atomic E-state index is 0.156. The minimum Gasteiger partial charge on any atom is -0.345 e. The first kappa shape index (κ1) is 18.9. The predicted molar refractivity (Wildman–Crippen MR) is 107 cm³/mol. The molecule has 0 aliphatic carbocycles. The lowest BCUT2D eigenvalue weighted by atomic mass is 10.0. The summed E-state index contributed by atoms with van der Waals surface area (Å²) in [5.41, 5.74) is 4.80. The number of nitrogens with one attached hydrogen (secondary N) is 2. The van der Waals surface area contributed by atoms with Gasteiger partial charge in [-0.15, -0.1) is 0 Å². The Hall–Kier alpha value is -2.89. The van der Waals surface area contributed by atoms with Crippen LogP contribution in [-0.2, 0) is 6.54 Å². The summed E-state index contributed by atoms with van der Waals surface area (Å²) in [5, 5.41) is 8.43. The average molecular weight is 366 g/mol. The fourth-order valence-electron chi connectivity index (χ4n) is 3.75. The van der Waals surface area contributed by atoms with Gasteiger partial charge in [-0.2, -0.15) is 5.10 Å². The molecule has 0 fully saturated rings. The van der Waals surface area contributed by atoms with Gasteiger partial charge in [-0.3, -0.25) is 14.3 Å². The van der Waals surface area contributed by atoms with Crippen molar-refractivity contribution >= 4 is 16.8 Å². The first-order valence-corrected chi connectivity index (χ1v) is 9.34. The molecule has 0 saturated heterocycles. The zero-order chi connectivity index (χ0) is 19.7. The van der Waals surface area contributed by atoms with E-state index in [9.17, 15) is 9.59 Å². The molecule has 3 rings (SSSR count). The lowest BCUT2D eigenvalue weighted by molar-refractivity contribution is 0.0937. The first-order chi connectivity index (χ1) is 12.9. The molecule has 27 heavy (non-hydrogen) atoms. The fraction of sp³-hybridized carbons (Fsp3) is 0.381. The molecule has 0 aliphatic rings. The third kappa shape index (κ3) is 3.39. The van der Waals surface area contributed by atoms with Gasteiger partial charge in [0.25, 0.3) is 5.91 Å². The number of aryl methyl sites for hydroxylation is 3. The van der Waals surface area contributed by atoms with E-state index in [0.717, 1.165) is 40.9 Å². The van der Waals surface area contributed by atoms with Gasteiger partial charge in [0.15, 0.2) is 0 Å². The topological polar surface area (TPSA) is 79.8 Å². The van der Waals surface area contributed by atoms with Crippen molar-refractivity contribution in [2.75, 3.05) is 0 Å². The smallest absolute Gasteiger partial charge is 0.252 e. The molecule has 0 saturated carbocycles. The summed E-state index contributed by atoms with van der Waals surface area (Å²) in [6.07, 6.45) is 0.739. The molecule has 142 valence electrons. The number of amides is 1. The summed E-state index contributed by atoms with van der Waals surface area (Å²) in [6.45, 7) is 10.8. The molecule has 1 unspecified atom stereocenters. The largest absolute Gasteiger partial charge is 0.345 e. The van der Waals surface area contributed by atoms with Gasteiger partial charge in [-0.05, 0) is 39.7 Å². The van der Waals surface area contributed by atoms with Crippen molar-refractivity contribution < 1.29 is 4.79 Å². The van der Waals surface area contributed by atoms with E-state index in [0.29, 0.717) is 11.1 Å². The van der Waals surface area contributed by atoms with Gasteiger partial charge in [-0.1, -0.05) is 25.1 Å². The van der Waals surface area contributed by atoms with E-state index in [1.54, 1.807) is 0 Å². The van der Waals surface area contributed by atoms with Crippen molar-refractivity contribution in [1.82, 2.24) is 20.1 Å². The number of H-pyrrole nitrogens is 1. The van der Waals surface area contributed by atoms with Crippen molar-refractivity contribution in [2.24, 2.45) is 0 Å². The molecule has 1 aromatic carbocycles. The molecule has 6 heteroatoms. The van der Waals surface area contributed by atoms with Crippen LogP contribution >= 0.6 is 0 Å². The number of rotatable bonds is 5. The highest BCUT2D eigenvalue weighted by atomic mass is 16.2. The van der Waals surface area contributed by atoms with Crippen LogP contribution in [0.25, 0.3) is 10.9 Å². The highest BCUT2D eigenvalue weighted by molar-refractivity contribution is 6.06. The Bertz CT molecular complexity index is 1060. The van der Waals surface area contributed by atoms with E-state index < -0.39 is 0 Å². The maximum atomic E-state index is 13.1. The average Bonchev–Trinajstić information content (AvgIpc) is 2.93. The number of hydrogen-bond donors (Lipinski definition) is 2. The van der Waals surface area contributed by atoms with Gasteiger partial charge in [0.05, 0.1) is 22.8 Å². The van der Waals surface area contributed by atoms with E-state index in [2.05, 4.69) is 15.4 Å². The van der Waals surface area contributed by atoms with Gasteiger partial charge in [0.2, 0.25) is 5.56 Å². The number of aromatic amines is 1. The Balaban J connectivity index is 2.02. The second-order valence-electron chi connectivity index (χ2n) is 6.88. The van der Waals surface area contributed by atoms with E-state index in [1.807, 2.05) is 57.5 Å². The maximum Gasteiger partial charge on any atom is 0.252 e. The summed E-state index contributed by atoms with van der Waals surface area (Å²) >= 11 is 0. The molecule has 3 aromatic rings. The highest BCUT2D eigenvalue weighted by Crippen LogP contribution is 2.25. The van der Waals surface area contributed by atoms with E-state index in [1.165, 1.54) is 6.07 Å². The van der Waals surface area contributed by atoms with Crippen LogP contribution in [0, 0.1) is 20.8 Å². The van der Waals surface area contributed by atoms with Crippen LogP contribution in [0.5, 0.6) is 0 Å². The fourth-order valence-corrected chi connectivity index (χ4v) is 3.75.